The van der Waals surface area contributed by atoms with Crippen LogP contribution in [0.25, 0.3) is 11.0 Å². The summed E-state index contributed by atoms with van der Waals surface area (Å²) in [5, 5.41) is 9.91. The Morgan fingerprint density at radius 3 is 2.52 bits per heavy atom. The van der Waals surface area contributed by atoms with Gasteiger partial charge in [0.1, 0.15) is 18.2 Å². The van der Waals surface area contributed by atoms with Gasteiger partial charge in [-0.3, -0.25) is 9.69 Å². The minimum atomic E-state index is -0.937. The molecule has 2 atom stereocenters. The van der Waals surface area contributed by atoms with E-state index in [1.54, 1.807) is 43.1 Å². The largest absolute Gasteiger partial charge is 0.496 e. The van der Waals surface area contributed by atoms with Gasteiger partial charge in [0.2, 0.25) is 5.88 Å². The fourth-order valence-electron chi connectivity index (χ4n) is 6.26. The fourth-order valence-corrected chi connectivity index (χ4v) is 7.08. The molecule has 46 heavy (non-hydrogen) atoms. The van der Waals surface area contributed by atoms with Crippen molar-refractivity contribution in [3.05, 3.63) is 82.8 Å². The monoisotopic (exact) mass is 644 g/mol. The number of carboxylic acid groups (broad SMARTS) is 1. The molecule has 6 rings (SSSR count). The lowest BCUT2D eigenvalue weighted by atomic mass is 9.93. The zero-order chi connectivity index (χ0) is 32.2. The molecule has 2 aromatic carbocycles. The summed E-state index contributed by atoms with van der Waals surface area (Å²) in [6.45, 7) is 5.84. The van der Waals surface area contributed by atoms with E-state index in [1.807, 2.05) is 24.3 Å². The van der Waals surface area contributed by atoms with Crippen LogP contribution < -0.4 is 9.47 Å². The molecule has 4 heterocycles. The van der Waals surface area contributed by atoms with Crippen LogP contribution in [0.2, 0.25) is 0 Å². The predicted octanol–water partition coefficient (Wildman–Crippen LogP) is 5.82. The molecule has 1 unspecified atom stereocenters. The number of imidazole rings is 1. The summed E-state index contributed by atoms with van der Waals surface area (Å²) in [5.74, 6) is 1.50. The van der Waals surface area contributed by atoms with Crippen molar-refractivity contribution in [2.24, 2.45) is 0 Å². The zero-order valence-corrected chi connectivity index (χ0v) is 27.3. The number of piperidine rings is 1. The lowest BCUT2D eigenvalue weighted by Crippen LogP contribution is -2.39. The summed E-state index contributed by atoms with van der Waals surface area (Å²) >= 11 is 1.79. The van der Waals surface area contributed by atoms with E-state index in [0.717, 1.165) is 73.6 Å². The summed E-state index contributed by atoms with van der Waals surface area (Å²) in [6.07, 6.45) is 5.29. The molecular formula is C35H40N4O6S. The number of hydrogen-bond donors (Lipinski definition) is 1. The third kappa shape index (κ3) is 7.06. The van der Waals surface area contributed by atoms with Gasteiger partial charge in [0.15, 0.2) is 5.78 Å². The predicted molar refractivity (Wildman–Crippen MR) is 177 cm³/mol. The Balaban J connectivity index is 1.12. The molecule has 0 radical (unpaired) electrons. The number of carboxylic acids is 1. The van der Waals surface area contributed by atoms with Crippen molar-refractivity contribution in [2.75, 3.05) is 33.1 Å². The quantitative estimate of drug-likeness (QED) is 0.179. The van der Waals surface area contributed by atoms with Crippen LogP contribution in [0.5, 0.6) is 11.6 Å². The van der Waals surface area contributed by atoms with Gasteiger partial charge in [-0.15, -0.1) is 0 Å². The Hall–Kier alpha value is -3.93. The number of nitrogens with zero attached hydrogens (tertiary/aromatic N) is 4. The Labute approximate surface area is 273 Å². The number of rotatable bonds is 13. The molecular weight excluding hydrogens is 604 g/mol. The van der Waals surface area contributed by atoms with Crippen LogP contribution in [-0.2, 0) is 24.4 Å². The first-order valence-electron chi connectivity index (χ1n) is 15.7. The van der Waals surface area contributed by atoms with E-state index in [9.17, 15) is 14.7 Å². The molecule has 1 N–H and O–H groups in total. The first kappa shape index (κ1) is 32.0. The number of methoxy groups -OCH3 is 1. The third-order valence-corrected chi connectivity index (χ3v) is 10.1. The highest BCUT2D eigenvalue weighted by Gasteiger charge is 2.30. The number of carbonyl (C=O) groups is 2. The molecule has 0 bridgehead atoms. The Morgan fingerprint density at radius 1 is 1.07 bits per heavy atom. The van der Waals surface area contributed by atoms with Gasteiger partial charge >= 0.3 is 5.97 Å². The minimum absolute atomic E-state index is 0.0116. The van der Waals surface area contributed by atoms with E-state index in [-0.39, 0.29) is 29.3 Å². The zero-order valence-electron chi connectivity index (χ0n) is 26.5. The molecule has 10 nitrogen and oxygen atoms in total. The first-order valence-corrected chi connectivity index (χ1v) is 17.0. The maximum absolute atomic E-state index is 11.8. The van der Waals surface area contributed by atoms with Gasteiger partial charge in [0.25, 0.3) is 0 Å². The number of ether oxygens (including phenoxy) is 3. The van der Waals surface area contributed by atoms with Gasteiger partial charge in [-0.25, -0.2) is 14.8 Å². The van der Waals surface area contributed by atoms with Crippen molar-refractivity contribution in [2.45, 2.75) is 63.2 Å². The molecule has 2 aromatic heterocycles. The van der Waals surface area contributed by atoms with Crippen molar-refractivity contribution in [1.82, 2.24) is 19.4 Å². The number of aromatic carboxylic acids is 1. The molecule has 11 heteroatoms. The standard InChI is InChI=1S/C35H40N4O6S/c1-22(40)24-7-8-26(31(18-24)43-2)21-45-34-6-4-5-27(37-34)23-11-14-38(15-12-23)20-33-36-28-10-9-25(35(41)42)17-29(28)39(33)19-32(46-3)30-13-16-44-30/h4-10,17-18,23,30,32H,11-16,19-21H2,1-3H3,(H,41,42)/t30?,32-/m1/s1. The van der Waals surface area contributed by atoms with Gasteiger partial charge in [0, 0.05) is 47.2 Å². The van der Waals surface area contributed by atoms with Crippen LogP contribution in [0.3, 0.4) is 0 Å². The van der Waals surface area contributed by atoms with E-state index < -0.39 is 5.97 Å². The van der Waals surface area contributed by atoms with E-state index >= 15 is 0 Å². The van der Waals surface area contributed by atoms with Gasteiger partial charge in [-0.1, -0.05) is 18.2 Å². The smallest absolute Gasteiger partial charge is 0.335 e. The second-order valence-electron chi connectivity index (χ2n) is 11.9. The molecule has 0 spiro atoms. The number of Topliss-reactive ketones (excluding diaryl/α,β-unsaturated/α-hetero) is 1. The molecule has 0 saturated carbocycles. The highest BCUT2D eigenvalue weighted by Crippen LogP contribution is 2.31. The van der Waals surface area contributed by atoms with Crippen molar-refractivity contribution in [1.29, 1.82) is 0 Å². The summed E-state index contributed by atoms with van der Waals surface area (Å²) in [6, 6.07) is 16.5. The number of fused-ring (bicyclic) bond motifs is 1. The summed E-state index contributed by atoms with van der Waals surface area (Å²) in [7, 11) is 1.59. The van der Waals surface area contributed by atoms with E-state index in [4.69, 9.17) is 24.2 Å². The fraction of sp³-hybridized carbons (Fsp3) is 0.429. The van der Waals surface area contributed by atoms with Gasteiger partial charge in [-0.05, 0) is 75.9 Å². The number of carbonyl (C=O) groups excluding carboxylic acids is 1. The normalized spacial score (nSPS) is 17.8. The molecule has 2 fully saturated rings. The third-order valence-electron chi connectivity index (χ3n) is 9.07. The van der Waals surface area contributed by atoms with Gasteiger partial charge in [-0.2, -0.15) is 11.8 Å². The average molecular weight is 645 g/mol. The van der Waals surface area contributed by atoms with Crippen molar-refractivity contribution >= 4 is 34.5 Å². The van der Waals surface area contributed by atoms with Crippen LogP contribution in [0.15, 0.2) is 54.6 Å². The maximum atomic E-state index is 11.8. The van der Waals surface area contributed by atoms with E-state index in [2.05, 4.69) is 21.8 Å². The van der Waals surface area contributed by atoms with Gasteiger partial charge < -0.3 is 23.9 Å². The number of likely N-dealkylation sites (tertiary alicyclic amines) is 1. The van der Waals surface area contributed by atoms with Crippen LogP contribution in [-0.4, -0.2) is 80.7 Å². The summed E-state index contributed by atoms with van der Waals surface area (Å²) in [5.41, 5.74) is 4.42. The minimum Gasteiger partial charge on any atom is -0.496 e. The molecule has 242 valence electrons. The highest BCUT2D eigenvalue weighted by molar-refractivity contribution is 7.99. The molecule has 0 amide bonds. The van der Waals surface area contributed by atoms with Crippen molar-refractivity contribution < 1.29 is 28.9 Å². The van der Waals surface area contributed by atoms with Crippen LogP contribution in [0, 0.1) is 0 Å². The second kappa shape index (κ2) is 14.2. The Morgan fingerprint density at radius 2 is 1.85 bits per heavy atom. The highest BCUT2D eigenvalue weighted by atomic mass is 32.2. The molecule has 2 aliphatic rings. The summed E-state index contributed by atoms with van der Waals surface area (Å²) in [4.78, 5) is 35.8. The number of hydrogen-bond acceptors (Lipinski definition) is 9. The second-order valence-corrected chi connectivity index (χ2v) is 13.0. The summed E-state index contributed by atoms with van der Waals surface area (Å²) < 4.78 is 19.6. The first-order chi connectivity index (χ1) is 22.3. The Bertz CT molecular complexity index is 1710. The number of ketones is 1. The molecule has 0 aliphatic carbocycles. The number of pyridine rings is 1. The van der Waals surface area contributed by atoms with E-state index in [0.29, 0.717) is 29.7 Å². The maximum Gasteiger partial charge on any atom is 0.335 e. The molecule has 4 aromatic rings. The number of aromatic nitrogens is 3. The topological polar surface area (TPSA) is 116 Å². The lowest BCUT2D eigenvalue weighted by molar-refractivity contribution is -0.0523. The Kier molecular flexibility index (Phi) is 9.91. The van der Waals surface area contributed by atoms with Crippen LogP contribution in [0.1, 0.15) is 69.9 Å². The average Bonchev–Trinajstić information content (AvgIpc) is 3.38. The lowest BCUT2D eigenvalue weighted by Gasteiger charge is -2.34. The number of thioether (sulfide) groups is 1. The molecule has 2 saturated heterocycles. The van der Waals surface area contributed by atoms with Crippen molar-refractivity contribution in [3.63, 3.8) is 0 Å². The molecule has 2 aliphatic heterocycles. The van der Waals surface area contributed by atoms with Crippen molar-refractivity contribution in [3.8, 4) is 11.6 Å². The van der Waals surface area contributed by atoms with Gasteiger partial charge in [0.05, 0.1) is 36.4 Å². The number of benzene rings is 2. The van der Waals surface area contributed by atoms with E-state index in [1.165, 1.54) is 6.92 Å². The SMILES string of the molecule is COc1cc(C(C)=O)ccc1COc1cccc(C2CCN(Cc3nc4ccc(C(=O)O)cc4n3C[C@@H](SC)C3CCO3)CC2)n1. The van der Waals surface area contributed by atoms with Crippen LogP contribution >= 0.6 is 11.8 Å². The van der Waals surface area contributed by atoms with Crippen LogP contribution in [0.4, 0.5) is 0 Å².